The van der Waals surface area contributed by atoms with Gasteiger partial charge >= 0.3 is 0 Å². The monoisotopic (exact) mass is 275 g/mol. The SMILES string of the molecule is CCCC(C)(O)C(=O)NCC1(C)Cc2ccccc2C1. The molecule has 0 fully saturated rings. The third-order valence-corrected chi connectivity index (χ3v) is 4.25. The Morgan fingerprint density at radius 1 is 1.35 bits per heavy atom. The zero-order valence-electron chi connectivity index (χ0n) is 12.7. The second-order valence-corrected chi connectivity index (χ2v) is 6.64. The Balaban J connectivity index is 1.94. The quantitative estimate of drug-likeness (QED) is 0.867. The zero-order chi connectivity index (χ0) is 14.8. The van der Waals surface area contributed by atoms with Crippen LogP contribution in [0.2, 0.25) is 0 Å². The molecule has 1 aliphatic carbocycles. The van der Waals surface area contributed by atoms with Crippen molar-refractivity contribution in [2.45, 2.75) is 52.1 Å². The molecule has 0 aliphatic heterocycles. The molecule has 0 saturated heterocycles. The van der Waals surface area contributed by atoms with Crippen molar-refractivity contribution in [3.8, 4) is 0 Å². The van der Waals surface area contributed by atoms with Crippen LogP contribution in [0.1, 0.15) is 44.7 Å². The molecule has 1 aromatic rings. The Kier molecular flexibility index (Phi) is 4.19. The zero-order valence-corrected chi connectivity index (χ0v) is 12.7. The van der Waals surface area contributed by atoms with Crippen molar-refractivity contribution >= 4 is 5.91 Å². The molecule has 1 aromatic carbocycles. The first-order valence-corrected chi connectivity index (χ1v) is 7.44. The molecule has 0 heterocycles. The van der Waals surface area contributed by atoms with Crippen molar-refractivity contribution in [1.29, 1.82) is 0 Å². The minimum atomic E-state index is -1.25. The lowest BCUT2D eigenvalue weighted by Crippen LogP contribution is -2.47. The molecule has 2 rings (SSSR count). The molecule has 0 aromatic heterocycles. The van der Waals surface area contributed by atoms with Crippen LogP contribution in [0.15, 0.2) is 24.3 Å². The van der Waals surface area contributed by atoms with E-state index in [1.807, 2.05) is 6.92 Å². The number of fused-ring (bicyclic) bond motifs is 1. The molecule has 0 saturated carbocycles. The highest BCUT2D eigenvalue weighted by Gasteiger charge is 2.35. The fraction of sp³-hybridized carbons (Fsp3) is 0.588. The predicted molar refractivity (Wildman–Crippen MR) is 80.5 cm³/mol. The number of carbonyl (C=O) groups excluding carboxylic acids is 1. The van der Waals surface area contributed by atoms with Crippen molar-refractivity contribution in [3.63, 3.8) is 0 Å². The van der Waals surface area contributed by atoms with Gasteiger partial charge in [0.1, 0.15) is 5.60 Å². The molecule has 1 aliphatic rings. The van der Waals surface area contributed by atoms with Gasteiger partial charge in [0.2, 0.25) is 0 Å². The van der Waals surface area contributed by atoms with Crippen LogP contribution in [0.5, 0.6) is 0 Å². The van der Waals surface area contributed by atoms with Gasteiger partial charge in [-0.3, -0.25) is 4.79 Å². The van der Waals surface area contributed by atoms with E-state index < -0.39 is 5.60 Å². The summed E-state index contributed by atoms with van der Waals surface area (Å²) in [5.41, 5.74) is 1.56. The fourth-order valence-electron chi connectivity index (χ4n) is 3.09. The molecule has 1 amide bonds. The lowest BCUT2D eigenvalue weighted by atomic mass is 9.86. The van der Waals surface area contributed by atoms with Crippen LogP contribution < -0.4 is 5.32 Å². The Morgan fingerprint density at radius 2 is 1.90 bits per heavy atom. The highest BCUT2D eigenvalue weighted by atomic mass is 16.3. The minimum Gasteiger partial charge on any atom is -0.380 e. The van der Waals surface area contributed by atoms with Crippen molar-refractivity contribution in [2.75, 3.05) is 6.54 Å². The number of nitrogens with one attached hydrogen (secondary N) is 1. The molecule has 20 heavy (non-hydrogen) atoms. The van der Waals surface area contributed by atoms with Crippen LogP contribution in [0.4, 0.5) is 0 Å². The smallest absolute Gasteiger partial charge is 0.251 e. The van der Waals surface area contributed by atoms with Gasteiger partial charge < -0.3 is 10.4 Å². The van der Waals surface area contributed by atoms with E-state index in [0.717, 1.165) is 19.3 Å². The van der Waals surface area contributed by atoms with E-state index in [1.54, 1.807) is 6.92 Å². The number of aliphatic hydroxyl groups is 1. The highest BCUT2D eigenvalue weighted by molar-refractivity contribution is 5.84. The number of hydrogen-bond acceptors (Lipinski definition) is 2. The van der Waals surface area contributed by atoms with E-state index >= 15 is 0 Å². The van der Waals surface area contributed by atoms with Gasteiger partial charge in [0.15, 0.2) is 0 Å². The van der Waals surface area contributed by atoms with Gasteiger partial charge in [0.05, 0.1) is 0 Å². The molecule has 0 radical (unpaired) electrons. The Hall–Kier alpha value is -1.35. The van der Waals surface area contributed by atoms with Gasteiger partial charge in [-0.25, -0.2) is 0 Å². The number of benzene rings is 1. The average Bonchev–Trinajstić information content (AvgIpc) is 2.72. The fourth-order valence-corrected chi connectivity index (χ4v) is 3.09. The van der Waals surface area contributed by atoms with Gasteiger partial charge in [0, 0.05) is 6.54 Å². The third-order valence-electron chi connectivity index (χ3n) is 4.25. The number of amides is 1. The van der Waals surface area contributed by atoms with E-state index in [2.05, 4.69) is 36.5 Å². The maximum Gasteiger partial charge on any atom is 0.251 e. The van der Waals surface area contributed by atoms with Gasteiger partial charge in [-0.2, -0.15) is 0 Å². The van der Waals surface area contributed by atoms with Gasteiger partial charge in [0.25, 0.3) is 5.91 Å². The maximum absolute atomic E-state index is 12.1. The summed E-state index contributed by atoms with van der Waals surface area (Å²) in [6.07, 6.45) is 3.26. The van der Waals surface area contributed by atoms with Crippen molar-refractivity contribution in [3.05, 3.63) is 35.4 Å². The Bertz CT molecular complexity index is 469. The van der Waals surface area contributed by atoms with E-state index in [1.165, 1.54) is 11.1 Å². The molecular weight excluding hydrogens is 250 g/mol. The molecule has 1 atom stereocenters. The number of rotatable bonds is 5. The molecule has 3 heteroatoms. The highest BCUT2D eigenvalue weighted by Crippen LogP contribution is 2.36. The van der Waals surface area contributed by atoms with Gasteiger partial charge in [-0.1, -0.05) is 44.5 Å². The van der Waals surface area contributed by atoms with Crippen LogP contribution in [0.3, 0.4) is 0 Å². The van der Waals surface area contributed by atoms with Gasteiger partial charge in [-0.15, -0.1) is 0 Å². The van der Waals surface area contributed by atoms with E-state index in [-0.39, 0.29) is 11.3 Å². The summed E-state index contributed by atoms with van der Waals surface area (Å²) in [4.78, 5) is 12.1. The first-order chi connectivity index (χ1) is 9.36. The van der Waals surface area contributed by atoms with Crippen LogP contribution in [-0.2, 0) is 17.6 Å². The largest absolute Gasteiger partial charge is 0.380 e. The summed E-state index contributed by atoms with van der Waals surface area (Å²) in [5, 5.41) is 13.0. The van der Waals surface area contributed by atoms with E-state index in [9.17, 15) is 9.90 Å². The molecule has 0 bridgehead atoms. The second-order valence-electron chi connectivity index (χ2n) is 6.64. The Labute approximate surface area is 121 Å². The van der Waals surface area contributed by atoms with Crippen molar-refractivity contribution in [1.82, 2.24) is 5.32 Å². The summed E-state index contributed by atoms with van der Waals surface area (Å²) >= 11 is 0. The van der Waals surface area contributed by atoms with E-state index in [4.69, 9.17) is 0 Å². The average molecular weight is 275 g/mol. The first kappa shape index (κ1) is 15.0. The normalized spacial score (nSPS) is 19.2. The predicted octanol–water partition coefficient (Wildman–Crippen LogP) is 2.46. The summed E-state index contributed by atoms with van der Waals surface area (Å²) in [6, 6.07) is 8.45. The van der Waals surface area contributed by atoms with Crippen LogP contribution >= 0.6 is 0 Å². The topological polar surface area (TPSA) is 49.3 Å². The second kappa shape index (κ2) is 5.57. The van der Waals surface area contributed by atoms with Crippen molar-refractivity contribution < 1.29 is 9.90 Å². The summed E-state index contributed by atoms with van der Waals surface area (Å²) in [7, 11) is 0. The van der Waals surface area contributed by atoms with Crippen LogP contribution in [0, 0.1) is 5.41 Å². The number of carbonyl (C=O) groups is 1. The lowest BCUT2D eigenvalue weighted by Gasteiger charge is -2.27. The number of hydrogen-bond donors (Lipinski definition) is 2. The lowest BCUT2D eigenvalue weighted by molar-refractivity contribution is -0.139. The maximum atomic E-state index is 12.1. The standard InChI is InChI=1S/C17H25NO2/c1-4-9-17(3,20)15(19)18-12-16(2)10-13-7-5-6-8-14(13)11-16/h5-8,20H,4,9-12H2,1-3H3,(H,18,19). The Morgan fingerprint density at radius 3 is 2.40 bits per heavy atom. The third kappa shape index (κ3) is 3.21. The molecule has 2 N–H and O–H groups in total. The molecule has 0 spiro atoms. The van der Waals surface area contributed by atoms with E-state index in [0.29, 0.717) is 13.0 Å². The summed E-state index contributed by atoms with van der Waals surface area (Å²) < 4.78 is 0. The van der Waals surface area contributed by atoms with Gasteiger partial charge in [-0.05, 0) is 42.7 Å². The van der Waals surface area contributed by atoms with Crippen molar-refractivity contribution in [2.24, 2.45) is 5.41 Å². The molecule has 1 unspecified atom stereocenters. The molecular formula is C17H25NO2. The summed E-state index contributed by atoms with van der Waals surface area (Å²) in [5.74, 6) is -0.253. The molecule has 110 valence electrons. The summed E-state index contributed by atoms with van der Waals surface area (Å²) in [6.45, 7) is 6.37. The van der Waals surface area contributed by atoms with Crippen LogP contribution in [-0.4, -0.2) is 23.2 Å². The molecule has 3 nitrogen and oxygen atoms in total. The minimum absolute atomic E-state index is 0.0572. The first-order valence-electron chi connectivity index (χ1n) is 7.44. The van der Waals surface area contributed by atoms with Crippen LogP contribution in [0.25, 0.3) is 0 Å².